The van der Waals surface area contributed by atoms with Crippen LogP contribution in [0.4, 0.5) is 0 Å². The highest BCUT2D eigenvalue weighted by molar-refractivity contribution is 7.84. The van der Waals surface area contributed by atoms with Gasteiger partial charge in [0.05, 0.1) is 10.9 Å². The zero-order valence-corrected chi connectivity index (χ0v) is 10.9. The van der Waals surface area contributed by atoms with Crippen molar-refractivity contribution in [2.75, 3.05) is 12.0 Å². The fraction of sp³-hybridized carbons (Fsp3) is 0.778. The molecule has 3 atom stereocenters. The van der Waals surface area contributed by atoms with Crippen LogP contribution in [-0.4, -0.2) is 33.2 Å². The molecular weight excluding hydrogens is 232 g/mol. The summed E-state index contributed by atoms with van der Waals surface area (Å²) >= 11 is 4.79. The van der Waals surface area contributed by atoms with Crippen molar-refractivity contribution in [3.8, 4) is 0 Å². The molecule has 0 aliphatic rings. The number of rotatable bonds is 6. The molecule has 88 valence electrons. The molecule has 3 N–H and O–H groups in total. The van der Waals surface area contributed by atoms with Crippen molar-refractivity contribution in [2.24, 2.45) is 11.7 Å². The number of thiocarbonyl (C=S) groups is 1. The lowest BCUT2D eigenvalue weighted by molar-refractivity contribution is -0.123. The van der Waals surface area contributed by atoms with Crippen molar-refractivity contribution in [2.45, 2.75) is 26.3 Å². The van der Waals surface area contributed by atoms with E-state index in [9.17, 15) is 9.00 Å². The standard InChI is InChI=1S/C9H18N2O2S2/c1-4-7(8(10)14)9(12)11-6(2)5-15(3)13/h6-7H,4-5H2,1-3H3,(H2,10,14)(H,11,12). The molecule has 0 saturated carbocycles. The first-order valence-electron chi connectivity index (χ1n) is 4.78. The Morgan fingerprint density at radius 2 is 2.13 bits per heavy atom. The van der Waals surface area contributed by atoms with Crippen LogP contribution in [0.5, 0.6) is 0 Å². The number of carbonyl (C=O) groups excluding carboxylic acids is 1. The Labute approximate surface area is 98.4 Å². The van der Waals surface area contributed by atoms with Gasteiger partial charge >= 0.3 is 0 Å². The molecule has 0 bridgehead atoms. The van der Waals surface area contributed by atoms with Crippen molar-refractivity contribution in [1.82, 2.24) is 5.32 Å². The molecule has 0 spiro atoms. The summed E-state index contributed by atoms with van der Waals surface area (Å²) in [6.07, 6.45) is 2.19. The monoisotopic (exact) mass is 250 g/mol. The third-order valence-corrected chi connectivity index (χ3v) is 3.20. The predicted molar refractivity (Wildman–Crippen MR) is 67.1 cm³/mol. The first-order chi connectivity index (χ1) is 6.88. The van der Waals surface area contributed by atoms with Gasteiger partial charge in [0.2, 0.25) is 5.91 Å². The lowest BCUT2D eigenvalue weighted by Crippen LogP contribution is -2.43. The van der Waals surface area contributed by atoms with Crippen LogP contribution >= 0.6 is 12.2 Å². The van der Waals surface area contributed by atoms with E-state index in [0.717, 1.165) is 0 Å². The fourth-order valence-corrected chi connectivity index (χ4v) is 2.31. The highest BCUT2D eigenvalue weighted by Gasteiger charge is 2.20. The van der Waals surface area contributed by atoms with Crippen LogP contribution in [0.2, 0.25) is 0 Å². The van der Waals surface area contributed by atoms with Gasteiger partial charge in [0.25, 0.3) is 0 Å². The second-order valence-electron chi connectivity index (χ2n) is 3.51. The van der Waals surface area contributed by atoms with Crippen molar-refractivity contribution in [3.05, 3.63) is 0 Å². The molecule has 0 saturated heterocycles. The van der Waals surface area contributed by atoms with Crippen molar-refractivity contribution < 1.29 is 9.00 Å². The second kappa shape index (κ2) is 6.90. The number of nitrogens with two attached hydrogens (primary N) is 1. The molecule has 0 aromatic rings. The van der Waals surface area contributed by atoms with E-state index in [-0.39, 0.29) is 16.9 Å². The lowest BCUT2D eigenvalue weighted by Gasteiger charge is -2.17. The molecule has 0 rings (SSSR count). The Morgan fingerprint density at radius 1 is 1.60 bits per heavy atom. The zero-order valence-electron chi connectivity index (χ0n) is 9.28. The Balaban J connectivity index is 4.22. The van der Waals surface area contributed by atoms with Crippen LogP contribution in [0.15, 0.2) is 0 Å². The molecule has 3 unspecified atom stereocenters. The molecule has 0 aromatic carbocycles. The molecule has 4 nitrogen and oxygen atoms in total. The van der Waals surface area contributed by atoms with Gasteiger partial charge in [-0.3, -0.25) is 9.00 Å². The van der Waals surface area contributed by atoms with E-state index in [4.69, 9.17) is 18.0 Å². The molecule has 0 fully saturated rings. The van der Waals surface area contributed by atoms with Gasteiger partial charge in [0, 0.05) is 28.9 Å². The number of amides is 1. The summed E-state index contributed by atoms with van der Waals surface area (Å²) in [5.74, 6) is -0.157. The quantitative estimate of drug-likeness (QED) is 0.660. The summed E-state index contributed by atoms with van der Waals surface area (Å²) in [6, 6.07) is -0.119. The van der Waals surface area contributed by atoms with Gasteiger partial charge in [-0.1, -0.05) is 19.1 Å². The summed E-state index contributed by atoms with van der Waals surface area (Å²) in [6.45, 7) is 3.66. The van der Waals surface area contributed by atoms with E-state index >= 15 is 0 Å². The largest absolute Gasteiger partial charge is 0.393 e. The third-order valence-electron chi connectivity index (χ3n) is 1.94. The van der Waals surface area contributed by atoms with E-state index in [1.54, 1.807) is 6.26 Å². The minimum atomic E-state index is -0.917. The summed E-state index contributed by atoms with van der Waals surface area (Å²) < 4.78 is 10.9. The minimum Gasteiger partial charge on any atom is -0.393 e. The van der Waals surface area contributed by atoms with Gasteiger partial charge in [-0.05, 0) is 13.3 Å². The number of carbonyl (C=O) groups is 1. The molecule has 0 aromatic heterocycles. The van der Waals surface area contributed by atoms with Crippen molar-refractivity contribution in [3.63, 3.8) is 0 Å². The van der Waals surface area contributed by atoms with Gasteiger partial charge in [0.1, 0.15) is 0 Å². The Morgan fingerprint density at radius 3 is 2.47 bits per heavy atom. The van der Waals surface area contributed by atoms with E-state index in [1.807, 2.05) is 13.8 Å². The van der Waals surface area contributed by atoms with E-state index < -0.39 is 16.7 Å². The highest BCUT2D eigenvalue weighted by Crippen LogP contribution is 2.03. The van der Waals surface area contributed by atoms with E-state index in [1.165, 1.54) is 0 Å². The summed E-state index contributed by atoms with van der Waals surface area (Å²) in [5.41, 5.74) is 5.44. The Kier molecular flexibility index (Phi) is 6.67. The maximum atomic E-state index is 11.6. The smallest absolute Gasteiger partial charge is 0.230 e. The first kappa shape index (κ1) is 14.5. The van der Waals surface area contributed by atoms with Gasteiger partial charge in [-0.25, -0.2) is 0 Å². The average molecular weight is 250 g/mol. The van der Waals surface area contributed by atoms with Crippen LogP contribution in [-0.2, 0) is 15.6 Å². The normalized spacial score (nSPS) is 16.5. The molecule has 15 heavy (non-hydrogen) atoms. The topological polar surface area (TPSA) is 72.2 Å². The third kappa shape index (κ3) is 5.84. The molecule has 6 heteroatoms. The maximum Gasteiger partial charge on any atom is 0.230 e. The Hall–Kier alpha value is -0.490. The number of hydrogen-bond donors (Lipinski definition) is 2. The van der Waals surface area contributed by atoms with Gasteiger partial charge < -0.3 is 11.1 Å². The van der Waals surface area contributed by atoms with Crippen LogP contribution < -0.4 is 11.1 Å². The predicted octanol–water partition coefficient (Wildman–Crippen LogP) is 0.182. The summed E-state index contributed by atoms with van der Waals surface area (Å²) in [7, 11) is -0.917. The molecule has 1 amide bonds. The number of nitrogens with one attached hydrogen (secondary N) is 1. The van der Waals surface area contributed by atoms with Crippen LogP contribution in [0.1, 0.15) is 20.3 Å². The first-order valence-corrected chi connectivity index (χ1v) is 6.91. The van der Waals surface area contributed by atoms with E-state index in [2.05, 4.69) is 5.32 Å². The van der Waals surface area contributed by atoms with Crippen LogP contribution in [0.25, 0.3) is 0 Å². The van der Waals surface area contributed by atoms with Crippen molar-refractivity contribution in [1.29, 1.82) is 0 Å². The molecule has 0 radical (unpaired) electrons. The van der Waals surface area contributed by atoms with Crippen LogP contribution in [0.3, 0.4) is 0 Å². The van der Waals surface area contributed by atoms with Gasteiger partial charge in [-0.2, -0.15) is 0 Å². The Bertz CT molecular complexity index is 269. The SMILES string of the molecule is CCC(C(=O)NC(C)CS(C)=O)C(N)=S. The summed E-state index contributed by atoms with van der Waals surface area (Å²) in [4.78, 5) is 11.8. The maximum absolute atomic E-state index is 11.6. The number of hydrogen-bond acceptors (Lipinski definition) is 3. The van der Waals surface area contributed by atoms with Gasteiger partial charge in [0.15, 0.2) is 0 Å². The fourth-order valence-electron chi connectivity index (χ4n) is 1.25. The average Bonchev–Trinajstić information content (AvgIpc) is 2.01. The van der Waals surface area contributed by atoms with Crippen LogP contribution in [0, 0.1) is 5.92 Å². The van der Waals surface area contributed by atoms with Gasteiger partial charge in [-0.15, -0.1) is 0 Å². The molecule has 0 aliphatic carbocycles. The highest BCUT2D eigenvalue weighted by atomic mass is 32.2. The minimum absolute atomic E-state index is 0.119. The molecule has 0 aliphatic heterocycles. The van der Waals surface area contributed by atoms with Crippen molar-refractivity contribution >= 4 is 33.9 Å². The molecular formula is C9H18N2O2S2. The zero-order chi connectivity index (χ0) is 12.0. The summed E-state index contributed by atoms with van der Waals surface area (Å²) in [5, 5.41) is 2.74. The molecule has 0 heterocycles. The lowest BCUT2D eigenvalue weighted by atomic mass is 10.1. The van der Waals surface area contributed by atoms with E-state index in [0.29, 0.717) is 12.2 Å². The second-order valence-corrected chi connectivity index (χ2v) is 5.46.